The minimum absolute atomic E-state index is 0.0144. The first-order chi connectivity index (χ1) is 11.2. The predicted molar refractivity (Wildman–Crippen MR) is 81.9 cm³/mol. The maximum absolute atomic E-state index is 13.7. The van der Waals surface area contributed by atoms with Crippen LogP contribution in [-0.2, 0) is 4.79 Å². The van der Waals surface area contributed by atoms with Gasteiger partial charge >= 0.3 is 5.97 Å². The largest absolute Gasteiger partial charge is 0.481 e. The molecule has 24 heavy (non-hydrogen) atoms. The Hall–Kier alpha value is -2.77. The highest BCUT2D eigenvalue weighted by atomic mass is 19.1. The molecule has 1 aromatic heterocycles. The first-order valence-electron chi connectivity index (χ1n) is 7.23. The molecule has 0 aliphatic rings. The second-order valence-electron chi connectivity index (χ2n) is 5.97. The van der Waals surface area contributed by atoms with Crippen LogP contribution in [0.15, 0.2) is 30.5 Å². The van der Waals surface area contributed by atoms with Gasteiger partial charge in [-0.15, -0.1) is 0 Å². The van der Waals surface area contributed by atoms with Crippen LogP contribution in [0.2, 0.25) is 0 Å². The summed E-state index contributed by atoms with van der Waals surface area (Å²) < 4.78 is 27.8. The number of nitrogens with zero attached hydrogens (tertiary/aromatic N) is 2. The molecule has 0 atom stereocenters. The molecule has 0 aliphatic carbocycles. The van der Waals surface area contributed by atoms with E-state index in [2.05, 4.69) is 10.4 Å². The van der Waals surface area contributed by atoms with Crippen molar-refractivity contribution < 1.29 is 23.5 Å². The molecule has 0 radical (unpaired) electrons. The van der Waals surface area contributed by atoms with Gasteiger partial charge in [-0.3, -0.25) is 9.59 Å². The normalized spacial score (nSPS) is 11.3. The number of benzene rings is 1. The van der Waals surface area contributed by atoms with Gasteiger partial charge in [-0.1, -0.05) is 0 Å². The summed E-state index contributed by atoms with van der Waals surface area (Å²) in [6.07, 6.45) is 1.55. The Balaban J connectivity index is 2.12. The molecule has 0 aliphatic heterocycles. The van der Waals surface area contributed by atoms with E-state index in [4.69, 9.17) is 5.11 Å². The molecule has 0 saturated heterocycles. The quantitative estimate of drug-likeness (QED) is 0.848. The topological polar surface area (TPSA) is 84.2 Å². The van der Waals surface area contributed by atoms with Crippen molar-refractivity contribution in [3.8, 4) is 5.69 Å². The SMILES string of the molecule is CC(C)(CCC(=O)O)NC(=O)c1ccn(-c2ccc(F)cc2F)n1. The summed E-state index contributed by atoms with van der Waals surface area (Å²) in [5.41, 5.74) is -0.678. The fourth-order valence-corrected chi connectivity index (χ4v) is 2.10. The molecule has 1 heterocycles. The highest BCUT2D eigenvalue weighted by molar-refractivity contribution is 5.92. The van der Waals surface area contributed by atoms with Gasteiger partial charge in [0.25, 0.3) is 5.91 Å². The smallest absolute Gasteiger partial charge is 0.303 e. The Labute approximate surface area is 137 Å². The Bertz CT molecular complexity index is 772. The number of aromatic nitrogens is 2. The fraction of sp³-hybridized carbons (Fsp3) is 0.312. The lowest BCUT2D eigenvalue weighted by atomic mass is 9.98. The van der Waals surface area contributed by atoms with E-state index in [1.54, 1.807) is 13.8 Å². The number of hydrogen-bond donors (Lipinski definition) is 2. The van der Waals surface area contributed by atoms with E-state index in [9.17, 15) is 18.4 Å². The highest BCUT2D eigenvalue weighted by Crippen LogP contribution is 2.16. The van der Waals surface area contributed by atoms with Gasteiger partial charge < -0.3 is 10.4 Å². The van der Waals surface area contributed by atoms with Crippen LogP contribution in [0, 0.1) is 11.6 Å². The molecule has 0 fully saturated rings. The molecular weight excluding hydrogens is 320 g/mol. The minimum atomic E-state index is -0.951. The standard InChI is InChI=1S/C16H17F2N3O3/c1-16(2,7-5-14(22)23)19-15(24)12-6-8-21(20-12)13-4-3-10(17)9-11(13)18/h3-4,6,8-9H,5,7H2,1-2H3,(H,19,24)(H,22,23). The third kappa shape index (κ3) is 4.37. The summed E-state index contributed by atoms with van der Waals surface area (Å²) in [6, 6.07) is 4.43. The first-order valence-corrected chi connectivity index (χ1v) is 7.23. The average molecular weight is 337 g/mol. The zero-order valence-electron chi connectivity index (χ0n) is 13.2. The molecule has 2 N–H and O–H groups in total. The Morgan fingerprint density at radius 2 is 2.00 bits per heavy atom. The van der Waals surface area contributed by atoms with Crippen LogP contribution in [0.3, 0.4) is 0 Å². The number of amides is 1. The van der Waals surface area contributed by atoms with Gasteiger partial charge in [-0.25, -0.2) is 13.5 Å². The van der Waals surface area contributed by atoms with E-state index in [0.29, 0.717) is 0 Å². The van der Waals surface area contributed by atoms with Crippen molar-refractivity contribution in [2.45, 2.75) is 32.2 Å². The summed E-state index contributed by atoms with van der Waals surface area (Å²) in [7, 11) is 0. The summed E-state index contributed by atoms with van der Waals surface area (Å²) in [5.74, 6) is -2.96. The predicted octanol–water partition coefficient (Wildman–Crippen LogP) is 2.52. The van der Waals surface area contributed by atoms with E-state index in [1.807, 2.05) is 0 Å². The second kappa shape index (κ2) is 6.77. The van der Waals surface area contributed by atoms with Gasteiger partial charge in [0.05, 0.1) is 0 Å². The molecule has 2 rings (SSSR count). The zero-order chi connectivity index (χ0) is 17.9. The lowest BCUT2D eigenvalue weighted by molar-refractivity contribution is -0.137. The van der Waals surface area contributed by atoms with Crippen molar-refractivity contribution in [2.24, 2.45) is 0 Å². The van der Waals surface area contributed by atoms with Gasteiger partial charge in [0.2, 0.25) is 0 Å². The molecule has 0 saturated carbocycles. The fourth-order valence-electron chi connectivity index (χ4n) is 2.10. The van der Waals surface area contributed by atoms with Crippen molar-refractivity contribution >= 4 is 11.9 Å². The van der Waals surface area contributed by atoms with E-state index >= 15 is 0 Å². The number of carboxylic acid groups (broad SMARTS) is 1. The van der Waals surface area contributed by atoms with Crippen LogP contribution in [0.4, 0.5) is 8.78 Å². The second-order valence-corrected chi connectivity index (χ2v) is 5.97. The summed E-state index contributed by atoms with van der Waals surface area (Å²) in [6.45, 7) is 3.40. The molecule has 0 unspecified atom stereocenters. The maximum atomic E-state index is 13.7. The molecule has 0 bridgehead atoms. The van der Waals surface area contributed by atoms with Gasteiger partial charge in [-0.2, -0.15) is 5.10 Å². The highest BCUT2D eigenvalue weighted by Gasteiger charge is 2.23. The third-order valence-corrected chi connectivity index (χ3v) is 3.39. The van der Waals surface area contributed by atoms with Crippen LogP contribution in [0.5, 0.6) is 0 Å². The van der Waals surface area contributed by atoms with E-state index < -0.39 is 29.0 Å². The summed E-state index contributed by atoms with van der Waals surface area (Å²) in [5, 5.41) is 15.4. The first kappa shape index (κ1) is 17.6. The number of rotatable bonds is 6. The van der Waals surface area contributed by atoms with Crippen molar-refractivity contribution in [1.29, 1.82) is 0 Å². The van der Waals surface area contributed by atoms with E-state index in [1.165, 1.54) is 18.3 Å². The number of carbonyl (C=O) groups excluding carboxylic acids is 1. The third-order valence-electron chi connectivity index (χ3n) is 3.39. The van der Waals surface area contributed by atoms with Crippen LogP contribution < -0.4 is 5.32 Å². The Kier molecular flexibility index (Phi) is 4.96. The molecule has 8 heteroatoms. The van der Waals surface area contributed by atoms with Crippen molar-refractivity contribution in [3.63, 3.8) is 0 Å². The number of hydrogen-bond acceptors (Lipinski definition) is 3. The lowest BCUT2D eigenvalue weighted by Gasteiger charge is -2.25. The van der Waals surface area contributed by atoms with E-state index in [0.717, 1.165) is 16.8 Å². The Morgan fingerprint density at radius 3 is 2.62 bits per heavy atom. The van der Waals surface area contributed by atoms with Gasteiger partial charge in [-0.05, 0) is 38.5 Å². The van der Waals surface area contributed by atoms with Crippen molar-refractivity contribution in [2.75, 3.05) is 0 Å². The number of nitrogens with one attached hydrogen (secondary N) is 1. The minimum Gasteiger partial charge on any atom is -0.481 e. The number of aliphatic carboxylic acids is 1. The number of carboxylic acids is 1. The van der Waals surface area contributed by atoms with Crippen LogP contribution >= 0.6 is 0 Å². The van der Waals surface area contributed by atoms with Gasteiger partial charge in [0.15, 0.2) is 11.5 Å². The van der Waals surface area contributed by atoms with E-state index in [-0.39, 0.29) is 24.2 Å². The average Bonchev–Trinajstić information content (AvgIpc) is 2.94. The monoisotopic (exact) mass is 337 g/mol. The molecular formula is C16H17F2N3O3. The summed E-state index contributed by atoms with van der Waals surface area (Å²) in [4.78, 5) is 22.8. The van der Waals surface area contributed by atoms with Gasteiger partial charge in [0, 0.05) is 24.2 Å². The van der Waals surface area contributed by atoms with Crippen molar-refractivity contribution in [1.82, 2.24) is 15.1 Å². The molecule has 1 amide bonds. The molecule has 1 aromatic carbocycles. The van der Waals surface area contributed by atoms with Crippen molar-refractivity contribution in [3.05, 3.63) is 47.8 Å². The number of carbonyl (C=O) groups is 2. The molecule has 6 nitrogen and oxygen atoms in total. The van der Waals surface area contributed by atoms with Crippen LogP contribution in [0.25, 0.3) is 5.69 Å². The van der Waals surface area contributed by atoms with Gasteiger partial charge in [0.1, 0.15) is 11.5 Å². The molecule has 0 spiro atoms. The van der Waals surface area contributed by atoms with Crippen LogP contribution in [-0.4, -0.2) is 32.3 Å². The lowest BCUT2D eigenvalue weighted by Crippen LogP contribution is -2.43. The number of halogens is 2. The molecule has 128 valence electrons. The zero-order valence-corrected chi connectivity index (χ0v) is 13.2. The van der Waals surface area contributed by atoms with Crippen LogP contribution in [0.1, 0.15) is 37.2 Å². The summed E-state index contributed by atoms with van der Waals surface area (Å²) >= 11 is 0. The Morgan fingerprint density at radius 1 is 1.29 bits per heavy atom. The molecule has 2 aromatic rings. The maximum Gasteiger partial charge on any atom is 0.303 e.